The van der Waals surface area contributed by atoms with Crippen molar-refractivity contribution in [1.29, 1.82) is 0 Å². The Kier molecular flexibility index (Phi) is 2.77. The summed E-state index contributed by atoms with van der Waals surface area (Å²) in [5.74, 6) is 0. The zero-order valence-electron chi connectivity index (χ0n) is 11.2. The van der Waals surface area contributed by atoms with Crippen molar-refractivity contribution in [3.05, 3.63) is 43.1 Å². The van der Waals surface area contributed by atoms with Crippen LogP contribution in [0.3, 0.4) is 0 Å². The van der Waals surface area contributed by atoms with E-state index in [1.165, 1.54) is 23.7 Å². The van der Waals surface area contributed by atoms with Gasteiger partial charge in [-0.2, -0.15) is 0 Å². The first kappa shape index (κ1) is 11.7. The fourth-order valence-electron chi connectivity index (χ4n) is 3.04. The summed E-state index contributed by atoms with van der Waals surface area (Å²) in [5.41, 5.74) is 2.40. The van der Waals surface area contributed by atoms with Gasteiger partial charge in [0, 0.05) is 12.2 Å². The largest absolute Gasteiger partial charge is 0.344 e. The zero-order valence-corrected chi connectivity index (χ0v) is 11.2. The summed E-state index contributed by atoms with van der Waals surface area (Å²) in [4.78, 5) is 0. The van der Waals surface area contributed by atoms with Crippen LogP contribution in [0.1, 0.15) is 18.9 Å². The Morgan fingerprint density at radius 1 is 1.05 bits per heavy atom. The van der Waals surface area contributed by atoms with Gasteiger partial charge in [0.05, 0.1) is 11.2 Å². The van der Waals surface area contributed by atoms with Crippen molar-refractivity contribution in [2.75, 3.05) is 13.1 Å². The molecule has 1 saturated heterocycles. The quantitative estimate of drug-likeness (QED) is 0.774. The van der Waals surface area contributed by atoms with Crippen LogP contribution in [-0.2, 0) is 0 Å². The van der Waals surface area contributed by atoms with Crippen LogP contribution in [0.15, 0.2) is 43.1 Å². The molecule has 5 nitrogen and oxygen atoms in total. The maximum Gasteiger partial charge on any atom is 0.123 e. The number of fused-ring (bicyclic) bond motifs is 1. The number of aromatic nitrogens is 4. The van der Waals surface area contributed by atoms with Crippen molar-refractivity contribution in [3.63, 3.8) is 0 Å². The van der Waals surface area contributed by atoms with Crippen LogP contribution in [0.4, 0.5) is 0 Å². The molecule has 3 aromatic rings. The van der Waals surface area contributed by atoms with Gasteiger partial charge >= 0.3 is 0 Å². The molecule has 1 aliphatic rings. The second-order valence-corrected chi connectivity index (χ2v) is 5.32. The van der Waals surface area contributed by atoms with Crippen LogP contribution in [0.25, 0.3) is 16.6 Å². The van der Waals surface area contributed by atoms with E-state index in [1.54, 1.807) is 12.7 Å². The lowest BCUT2D eigenvalue weighted by Gasteiger charge is -2.25. The maximum absolute atomic E-state index is 3.88. The Hall–Kier alpha value is -2.14. The van der Waals surface area contributed by atoms with E-state index in [4.69, 9.17) is 0 Å². The van der Waals surface area contributed by atoms with Crippen LogP contribution in [0, 0.1) is 0 Å². The first-order valence-corrected chi connectivity index (χ1v) is 7.08. The minimum Gasteiger partial charge on any atom is -0.344 e. The van der Waals surface area contributed by atoms with Crippen LogP contribution in [-0.4, -0.2) is 32.4 Å². The van der Waals surface area contributed by atoms with Crippen LogP contribution in [0.5, 0.6) is 0 Å². The van der Waals surface area contributed by atoms with Gasteiger partial charge in [0.15, 0.2) is 0 Å². The lowest BCUT2D eigenvalue weighted by Crippen LogP contribution is -2.29. The third-order valence-electron chi connectivity index (χ3n) is 4.13. The van der Waals surface area contributed by atoms with E-state index in [0.29, 0.717) is 6.04 Å². The molecule has 0 spiro atoms. The van der Waals surface area contributed by atoms with Gasteiger partial charge in [-0.05, 0) is 49.5 Å². The molecule has 0 bridgehead atoms. The summed E-state index contributed by atoms with van der Waals surface area (Å²) in [5, 5.41) is 12.5. The summed E-state index contributed by atoms with van der Waals surface area (Å²) in [7, 11) is 0. The van der Waals surface area contributed by atoms with Gasteiger partial charge in [0.1, 0.15) is 12.7 Å². The van der Waals surface area contributed by atoms with Gasteiger partial charge in [-0.25, -0.2) is 0 Å². The molecular formula is C15H17N5. The summed E-state index contributed by atoms with van der Waals surface area (Å²) >= 11 is 0. The van der Waals surface area contributed by atoms with Gasteiger partial charge in [-0.1, -0.05) is 6.07 Å². The van der Waals surface area contributed by atoms with Gasteiger partial charge < -0.3 is 9.88 Å². The molecule has 0 unspecified atom stereocenters. The maximum atomic E-state index is 3.88. The molecule has 3 heterocycles. The monoisotopic (exact) mass is 267 g/mol. The molecule has 5 heteroatoms. The Morgan fingerprint density at radius 2 is 1.85 bits per heavy atom. The smallest absolute Gasteiger partial charge is 0.123 e. The van der Waals surface area contributed by atoms with Gasteiger partial charge in [0.25, 0.3) is 0 Å². The molecule has 4 rings (SSSR count). The fraction of sp³-hybridized carbons (Fsp3) is 0.333. The predicted molar refractivity (Wildman–Crippen MR) is 78.0 cm³/mol. The average molecular weight is 267 g/mol. The molecule has 1 aromatic carbocycles. The Balaban J connectivity index is 1.79. The molecule has 0 amide bonds. The van der Waals surface area contributed by atoms with Crippen molar-refractivity contribution in [3.8, 4) is 5.69 Å². The molecule has 0 saturated carbocycles. The Morgan fingerprint density at radius 3 is 2.65 bits per heavy atom. The van der Waals surface area contributed by atoms with E-state index in [1.807, 2.05) is 4.57 Å². The van der Waals surface area contributed by atoms with E-state index in [-0.39, 0.29) is 0 Å². The Bertz CT molecular complexity index is 707. The third kappa shape index (κ3) is 1.91. The molecule has 1 aliphatic heterocycles. The number of piperidine rings is 1. The van der Waals surface area contributed by atoms with E-state index in [9.17, 15) is 0 Å². The number of rotatable bonds is 2. The highest BCUT2D eigenvalue weighted by molar-refractivity contribution is 5.82. The minimum atomic E-state index is 0.602. The van der Waals surface area contributed by atoms with Gasteiger partial charge in [-0.3, -0.25) is 4.57 Å². The summed E-state index contributed by atoms with van der Waals surface area (Å²) in [6.45, 7) is 2.21. The van der Waals surface area contributed by atoms with Crippen molar-refractivity contribution < 1.29 is 0 Å². The topological polar surface area (TPSA) is 47.7 Å². The van der Waals surface area contributed by atoms with Crippen molar-refractivity contribution in [2.45, 2.75) is 18.9 Å². The Labute approximate surface area is 117 Å². The fourth-order valence-corrected chi connectivity index (χ4v) is 3.04. The number of nitrogens with one attached hydrogen (secondary N) is 1. The molecule has 2 aromatic heterocycles. The van der Waals surface area contributed by atoms with Crippen molar-refractivity contribution in [2.24, 2.45) is 0 Å². The SMILES string of the molecule is c1cc2ccn(C3CCNCC3)c2cc1-n1cnnc1. The summed E-state index contributed by atoms with van der Waals surface area (Å²) in [6.07, 6.45) is 8.08. The average Bonchev–Trinajstić information content (AvgIpc) is 3.17. The number of hydrogen-bond donors (Lipinski definition) is 1. The van der Waals surface area contributed by atoms with Crippen molar-refractivity contribution >= 4 is 10.9 Å². The van der Waals surface area contributed by atoms with Gasteiger partial charge in [-0.15, -0.1) is 10.2 Å². The zero-order chi connectivity index (χ0) is 13.4. The molecule has 20 heavy (non-hydrogen) atoms. The highest BCUT2D eigenvalue weighted by Gasteiger charge is 2.16. The molecule has 0 atom stereocenters. The lowest BCUT2D eigenvalue weighted by molar-refractivity contribution is 0.376. The second kappa shape index (κ2) is 4.76. The van der Waals surface area contributed by atoms with Crippen LogP contribution < -0.4 is 5.32 Å². The predicted octanol–water partition coefficient (Wildman–Crippen LogP) is 2.15. The summed E-state index contributed by atoms with van der Waals surface area (Å²) in [6, 6.07) is 9.30. The molecule has 102 valence electrons. The van der Waals surface area contributed by atoms with Crippen LogP contribution in [0.2, 0.25) is 0 Å². The molecule has 1 fully saturated rings. The first-order chi connectivity index (χ1) is 9.92. The normalized spacial score (nSPS) is 16.8. The standard InChI is InChI=1S/C15H17N5/c1-2-14(19-10-17-18-11-19)9-15-12(1)5-8-20(15)13-3-6-16-7-4-13/h1-2,5,8-11,13,16H,3-4,6-7H2. The highest BCUT2D eigenvalue weighted by atomic mass is 15.2. The minimum absolute atomic E-state index is 0.602. The molecule has 1 N–H and O–H groups in total. The van der Waals surface area contributed by atoms with E-state index >= 15 is 0 Å². The van der Waals surface area contributed by atoms with E-state index in [2.05, 4.69) is 50.5 Å². The highest BCUT2D eigenvalue weighted by Crippen LogP contribution is 2.27. The van der Waals surface area contributed by atoms with Crippen molar-refractivity contribution in [1.82, 2.24) is 24.6 Å². The molecule has 0 aliphatic carbocycles. The van der Waals surface area contributed by atoms with Crippen LogP contribution >= 0.6 is 0 Å². The van der Waals surface area contributed by atoms with E-state index in [0.717, 1.165) is 18.8 Å². The first-order valence-electron chi connectivity index (χ1n) is 7.08. The molecule has 0 radical (unpaired) electrons. The van der Waals surface area contributed by atoms with E-state index < -0.39 is 0 Å². The lowest BCUT2D eigenvalue weighted by atomic mass is 10.1. The summed E-state index contributed by atoms with van der Waals surface area (Å²) < 4.78 is 4.36. The third-order valence-corrected chi connectivity index (χ3v) is 4.13. The second-order valence-electron chi connectivity index (χ2n) is 5.32. The number of nitrogens with zero attached hydrogens (tertiary/aromatic N) is 4. The number of benzene rings is 1. The van der Waals surface area contributed by atoms with Gasteiger partial charge in [0.2, 0.25) is 0 Å². The number of hydrogen-bond acceptors (Lipinski definition) is 3. The molecular weight excluding hydrogens is 250 g/mol.